The Morgan fingerprint density at radius 2 is 1.72 bits per heavy atom. The van der Waals surface area contributed by atoms with Crippen molar-refractivity contribution < 1.29 is 29.0 Å². The minimum Gasteiger partial charge on any atom is -0.481 e. The molecule has 1 rings (SSSR count). The van der Waals surface area contributed by atoms with E-state index in [1.165, 1.54) is 32.0 Å². The molecule has 0 radical (unpaired) electrons. The summed E-state index contributed by atoms with van der Waals surface area (Å²) in [5.41, 5.74) is 0.261. The first-order valence-corrected chi connectivity index (χ1v) is 5.10. The number of carbonyl (C=O) groups is 3. The van der Waals surface area contributed by atoms with Crippen LogP contribution < -0.4 is 9.47 Å². The van der Waals surface area contributed by atoms with Crippen molar-refractivity contribution in [2.75, 3.05) is 0 Å². The number of esters is 2. The van der Waals surface area contributed by atoms with Crippen molar-refractivity contribution >= 4 is 17.9 Å². The van der Waals surface area contributed by atoms with E-state index in [1.807, 2.05) is 0 Å². The number of carbonyl (C=O) groups excluding carboxylic acids is 2. The van der Waals surface area contributed by atoms with Crippen molar-refractivity contribution in [1.82, 2.24) is 0 Å². The first-order chi connectivity index (χ1) is 8.40. The molecule has 0 aliphatic heterocycles. The van der Waals surface area contributed by atoms with Crippen LogP contribution >= 0.6 is 0 Å². The standard InChI is InChI=1S/C12H12O6/c1-7(13)17-10-5-3-4-9(6-11(15)16)12(10)18-8(2)14/h3-5H,6H2,1-2H3,(H,15,16). The lowest BCUT2D eigenvalue weighted by molar-refractivity contribution is -0.137. The van der Waals surface area contributed by atoms with Crippen molar-refractivity contribution in [3.8, 4) is 11.5 Å². The molecule has 18 heavy (non-hydrogen) atoms. The summed E-state index contributed by atoms with van der Waals surface area (Å²) < 4.78 is 9.76. The van der Waals surface area contributed by atoms with E-state index in [2.05, 4.69) is 0 Å². The second-order valence-corrected chi connectivity index (χ2v) is 3.50. The van der Waals surface area contributed by atoms with Gasteiger partial charge in [-0.05, 0) is 6.07 Å². The minimum absolute atomic E-state index is 0.0245. The molecule has 0 aliphatic rings. The number of benzene rings is 1. The van der Waals surface area contributed by atoms with Gasteiger partial charge in [0.05, 0.1) is 6.42 Å². The predicted molar refractivity (Wildman–Crippen MR) is 60.4 cm³/mol. The van der Waals surface area contributed by atoms with Crippen LogP contribution in [0.15, 0.2) is 18.2 Å². The van der Waals surface area contributed by atoms with Crippen molar-refractivity contribution in [2.24, 2.45) is 0 Å². The molecular formula is C12H12O6. The summed E-state index contributed by atoms with van der Waals surface area (Å²) in [5.74, 6) is -2.31. The van der Waals surface area contributed by atoms with E-state index < -0.39 is 17.9 Å². The highest BCUT2D eigenvalue weighted by molar-refractivity contribution is 5.77. The number of aliphatic carboxylic acids is 1. The predicted octanol–water partition coefficient (Wildman–Crippen LogP) is 1.16. The van der Waals surface area contributed by atoms with Gasteiger partial charge in [-0.3, -0.25) is 14.4 Å². The third-order valence-corrected chi connectivity index (χ3v) is 1.90. The number of carboxylic acids is 1. The first-order valence-electron chi connectivity index (χ1n) is 5.10. The van der Waals surface area contributed by atoms with Crippen molar-refractivity contribution in [3.05, 3.63) is 23.8 Å². The molecule has 0 amide bonds. The Labute approximate surface area is 103 Å². The summed E-state index contributed by atoms with van der Waals surface area (Å²) in [6.07, 6.45) is -0.336. The monoisotopic (exact) mass is 252 g/mol. The number of hydrogen-bond acceptors (Lipinski definition) is 5. The van der Waals surface area contributed by atoms with E-state index in [1.54, 1.807) is 0 Å². The zero-order valence-electron chi connectivity index (χ0n) is 9.93. The van der Waals surface area contributed by atoms with Gasteiger partial charge in [-0.2, -0.15) is 0 Å². The largest absolute Gasteiger partial charge is 0.481 e. The highest BCUT2D eigenvalue weighted by Gasteiger charge is 2.16. The average Bonchev–Trinajstić information content (AvgIpc) is 2.20. The fourth-order valence-corrected chi connectivity index (χ4v) is 1.36. The SMILES string of the molecule is CC(=O)Oc1cccc(CC(=O)O)c1OC(C)=O. The maximum Gasteiger partial charge on any atom is 0.308 e. The zero-order chi connectivity index (χ0) is 13.7. The zero-order valence-corrected chi connectivity index (χ0v) is 9.93. The van der Waals surface area contributed by atoms with Gasteiger partial charge in [-0.1, -0.05) is 12.1 Å². The number of carboxylic acid groups (broad SMARTS) is 1. The van der Waals surface area contributed by atoms with Gasteiger partial charge in [-0.25, -0.2) is 0 Å². The molecule has 6 nitrogen and oxygen atoms in total. The van der Waals surface area contributed by atoms with Crippen LogP contribution in [-0.4, -0.2) is 23.0 Å². The fraction of sp³-hybridized carbons (Fsp3) is 0.250. The van der Waals surface area contributed by atoms with Crippen molar-refractivity contribution in [2.45, 2.75) is 20.3 Å². The van der Waals surface area contributed by atoms with Gasteiger partial charge in [-0.15, -0.1) is 0 Å². The molecule has 0 saturated heterocycles. The van der Waals surface area contributed by atoms with Gasteiger partial charge < -0.3 is 14.6 Å². The smallest absolute Gasteiger partial charge is 0.308 e. The van der Waals surface area contributed by atoms with Crippen LogP contribution in [0, 0.1) is 0 Å². The molecule has 0 fully saturated rings. The van der Waals surface area contributed by atoms with Gasteiger partial charge in [0.1, 0.15) is 0 Å². The minimum atomic E-state index is -1.08. The summed E-state index contributed by atoms with van der Waals surface area (Å²) >= 11 is 0. The molecule has 0 bridgehead atoms. The van der Waals surface area contributed by atoms with Crippen molar-refractivity contribution in [3.63, 3.8) is 0 Å². The second-order valence-electron chi connectivity index (χ2n) is 3.50. The highest BCUT2D eigenvalue weighted by Crippen LogP contribution is 2.32. The maximum absolute atomic E-state index is 11.0. The highest BCUT2D eigenvalue weighted by atomic mass is 16.6. The molecule has 0 heterocycles. The Kier molecular flexibility index (Phi) is 4.42. The first kappa shape index (κ1) is 13.7. The molecule has 1 aromatic rings. The molecule has 0 aliphatic carbocycles. The third-order valence-electron chi connectivity index (χ3n) is 1.90. The Balaban J connectivity index is 3.19. The van der Waals surface area contributed by atoms with Crippen LogP contribution in [0.25, 0.3) is 0 Å². The van der Waals surface area contributed by atoms with Gasteiger partial charge in [0, 0.05) is 19.4 Å². The fourth-order valence-electron chi connectivity index (χ4n) is 1.36. The van der Waals surface area contributed by atoms with Crippen LogP contribution in [0.4, 0.5) is 0 Å². The summed E-state index contributed by atoms with van der Waals surface area (Å²) in [5, 5.41) is 8.75. The van der Waals surface area contributed by atoms with Crippen LogP contribution in [0.1, 0.15) is 19.4 Å². The molecule has 1 aromatic carbocycles. The Morgan fingerprint density at radius 3 is 2.22 bits per heavy atom. The Bertz CT molecular complexity index is 457. The Morgan fingerprint density at radius 1 is 1.11 bits per heavy atom. The van der Waals surface area contributed by atoms with Gasteiger partial charge in [0.25, 0.3) is 0 Å². The molecule has 0 aromatic heterocycles. The van der Waals surface area contributed by atoms with Crippen molar-refractivity contribution in [1.29, 1.82) is 0 Å². The lowest BCUT2D eigenvalue weighted by Gasteiger charge is -2.11. The molecule has 0 saturated carbocycles. The quantitative estimate of drug-likeness (QED) is 0.639. The summed E-state index contributed by atoms with van der Waals surface area (Å²) in [4.78, 5) is 32.6. The van der Waals surface area contributed by atoms with Gasteiger partial charge in [0.2, 0.25) is 0 Å². The van der Waals surface area contributed by atoms with Gasteiger partial charge in [0.15, 0.2) is 11.5 Å². The molecule has 96 valence electrons. The molecule has 1 N–H and O–H groups in total. The number of rotatable bonds is 4. The lowest BCUT2D eigenvalue weighted by Crippen LogP contribution is -2.10. The second kappa shape index (κ2) is 5.81. The third kappa shape index (κ3) is 3.89. The topological polar surface area (TPSA) is 89.9 Å². The summed E-state index contributed by atoms with van der Waals surface area (Å²) in [6, 6.07) is 4.42. The van der Waals surface area contributed by atoms with E-state index in [0.717, 1.165) is 0 Å². The molecule has 0 unspecified atom stereocenters. The number of para-hydroxylation sites is 1. The maximum atomic E-state index is 11.0. The van der Waals surface area contributed by atoms with Crippen LogP contribution in [0.2, 0.25) is 0 Å². The lowest BCUT2D eigenvalue weighted by atomic mass is 10.1. The normalized spacial score (nSPS) is 9.67. The van der Waals surface area contributed by atoms with Crippen LogP contribution in [-0.2, 0) is 20.8 Å². The summed E-state index contributed by atoms with van der Waals surface area (Å²) in [6.45, 7) is 2.37. The molecule has 0 atom stereocenters. The van der Waals surface area contributed by atoms with E-state index in [0.29, 0.717) is 0 Å². The van der Waals surface area contributed by atoms with Crippen LogP contribution in [0.5, 0.6) is 11.5 Å². The van der Waals surface area contributed by atoms with Crippen LogP contribution in [0.3, 0.4) is 0 Å². The van der Waals surface area contributed by atoms with E-state index >= 15 is 0 Å². The van der Waals surface area contributed by atoms with E-state index in [4.69, 9.17) is 14.6 Å². The van der Waals surface area contributed by atoms with E-state index in [-0.39, 0.29) is 23.5 Å². The Hall–Kier alpha value is -2.37. The van der Waals surface area contributed by atoms with Gasteiger partial charge >= 0.3 is 17.9 Å². The molecule has 6 heteroatoms. The van der Waals surface area contributed by atoms with E-state index in [9.17, 15) is 14.4 Å². The number of hydrogen-bond donors (Lipinski definition) is 1. The summed E-state index contributed by atoms with van der Waals surface area (Å²) in [7, 11) is 0. The molecule has 0 spiro atoms. The number of ether oxygens (including phenoxy) is 2. The average molecular weight is 252 g/mol. The molecular weight excluding hydrogens is 240 g/mol.